The number of hydrogen-bond acceptors (Lipinski definition) is 4. The molecule has 0 bridgehead atoms. The van der Waals surface area contributed by atoms with E-state index in [2.05, 4.69) is 0 Å². The standard InChI is InChI=1S/C17H19NO3/c1-12-6-8-14(9-7-12)20-10-11-21-17(19)15-5-3-4-13(2)16(15)18/h3-9H,10-11,18H2,1-2H3. The maximum absolute atomic E-state index is 11.9. The van der Waals surface area contributed by atoms with Crippen LogP contribution in [0.3, 0.4) is 0 Å². The van der Waals surface area contributed by atoms with Crippen LogP contribution in [-0.4, -0.2) is 19.2 Å². The number of aryl methyl sites for hydroxylation is 2. The second-order valence-corrected chi connectivity index (χ2v) is 4.83. The van der Waals surface area contributed by atoms with Gasteiger partial charge < -0.3 is 15.2 Å². The number of benzene rings is 2. The van der Waals surface area contributed by atoms with Gasteiger partial charge in [0.05, 0.1) is 5.56 Å². The Balaban J connectivity index is 1.82. The van der Waals surface area contributed by atoms with E-state index in [1.54, 1.807) is 12.1 Å². The summed E-state index contributed by atoms with van der Waals surface area (Å²) in [7, 11) is 0. The molecule has 0 aromatic heterocycles. The monoisotopic (exact) mass is 285 g/mol. The van der Waals surface area contributed by atoms with Gasteiger partial charge in [0.25, 0.3) is 0 Å². The predicted octanol–water partition coefficient (Wildman–Crippen LogP) is 3.12. The third-order valence-corrected chi connectivity index (χ3v) is 3.15. The number of hydrogen-bond donors (Lipinski definition) is 1. The van der Waals surface area contributed by atoms with Gasteiger partial charge in [0.2, 0.25) is 0 Å². The van der Waals surface area contributed by atoms with E-state index in [-0.39, 0.29) is 6.61 Å². The summed E-state index contributed by atoms with van der Waals surface area (Å²) in [6.07, 6.45) is 0. The number of carbonyl (C=O) groups is 1. The quantitative estimate of drug-likeness (QED) is 0.521. The third-order valence-electron chi connectivity index (χ3n) is 3.15. The molecule has 0 aliphatic rings. The molecular weight excluding hydrogens is 266 g/mol. The first-order valence-corrected chi connectivity index (χ1v) is 6.79. The van der Waals surface area contributed by atoms with Gasteiger partial charge in [-0.2, -0.15) is 0 Å². The van der Waals surface area contributed by atoms with Crippen LogP contribution in [0.1, 0.15) is 21.5 Å². The maximum atomic E-state index is 11.9. The lowest BCUT2D eigenvalue weighted by Gasteiger charge is -2.10. The van der Waals surface area contributed by atoms with Crippen molar-refractivity contribution >= 4 is 11.7 Å². The maximum Gasteiger partial charge on any atom is 0.340 e. The van der Waals surface area contributed by atoms with Gasteiger partial charge in [0, 0.05) is 5.69 Å². The second-order valence-electron chi connectivity index (χ2n) is 4.83. The number of anilines is 1. The highest BCUT2D eigenvalue weighted by molar-refractivity contribution is 5.95. The average molecular weight is 285 g/mol. The number of nitrogen functional groups attached to an aromatic ring is 1. The van der Waals surface area contributed by atoms with Crippen LogP contribution in [0.4, 0.5) is 5.69 Å². The third kappa shape index (κ3) is 3.99. The van der Waals surface area contributed by atoms with Crippen molar-refractivity contribution in [1.82, 2.24) is 0 Å². The summed E-state index contributed by atoms with van der Waals surface area (Å²) in [6, 6.07) is 13.0. The van der Waals surface area contributed by atoms with Crippen molar-refractivity contribution < 1.29 is 14.3 Å². The smallest absolute Gasteiger partial charge is 0.340 e. The fourth-order valence-corrected chi connectivity index (χ4v) is 1.86. The van der Waals surface area contributed by atoms with Crippen LogP contribution in [0.2, 0.25) is 0 Å². The molecule has 0 saturated carbocycles. The van der Waals surface area contributed by atoms with E-state index in [0.29, 0.717) is 17.9 Å². The van der Waals surface area contributed by atoms with Gasteiger partial charge in [-0.15, -0.1) is 0 Å². The minimum Gasteiger partial charge on any atom is -0.490 e. The van der Waals surface area contributed by atoms with Crippen LogP contribution in [-0.2, 0) is 4.74 Å². The van der Waals surface area contributed by atoms with Gasteiger partial charge in [-0.25, -0.2) is 4.79 Å². The van der Waals surface area contributed by atoms with Gasteiger partial charge in [-0.1, -0.05) is 29.8 Å². The first-order valence-electron chi connectivity index (χ1n) is 6.79. The molecule has 2 rings (SSSR count). The topological polar surface area (TPSA) is 61.5 Å². The summed E-state index contributed by atoms with van der Waals surface area (Å²) in [5, 5.41) is 0. The number of nitrogens with two attached hydrogens (primary N) is 1. The summed E-state index contributed by atoms with van der Waals surface area (Å²) < 4.78 is 10.7. The molecule has 0 spiro atoms. The van der Waals surface area contributed by atoms with E-state index in [1.165, 1.54) is 5.56 Å². The van der Waals surface area contributed by atoms with Crippen molar-refractivity contribution in [1.29, 1.82) is 0 Å². The minimum absolute atomic E-state index is 0.181. The van der Waals surface area contributed by atoms with Crippen LogP contribution in [0, 0.1) is 13.8 Å². The predicted molar refractivity (Wildman–Crippen MR) is 82.5 cm³/mol. The molecule has 0 saturated heterocycles. The minimum atomic E-state index is -0.427. The molecular formula is C17H19NO3. The number of rotatable bonds is 5. The van der Waals surface area contributed by atoms with Crippen LogP contribution < -0.4 is 10.5 Å². The Kier molecular flexibility index (Phi) is 4.82. The van der Waals surface area contributed by atoms with E-state index >= 15 is 0 Å². The Morgan fingerprint density at radius 1 is 1.05 bits per heavy atom. The van der Waals surface area contributed by atoms with Crippen LogP contribution in [0.5, 0.6) is 5.75 Å². The molecule has 0 aliphatic heterocycles. The van der Waals surface area contributed by atoms with E-state index in [4.69, 9.17) is 15.2 Å². The molecule has 0 unspecified atom stereocenters. The molecule has 0 aliphatic carbocycles. The molecule has 21 heavy (non-hydrogen) atoms. The molecule has 110 valence electrons. The van der Waals surface area contributed by atoms with Gasteiger partial charge in [-0.3, -0.25) is 0 Å². The zero-order valence-corrected chi connectivity index (χ0v) is 12.3. The van der Waals surface area contributed by atoms with Crippen LogP contribution >= 0.6 is 0 Å². The average Bonchev–Trinajstić information content (AvgIpc) is 2.48. The summed E-state index contributed by atoms with van der Waals surface area (Å²) in [4.78, 5) is 11.9. The van der Waals surface area contributed by atoms with Crippen LogP contribution in [0.15, 0.2) is 42.5 Å². The lowest BCUT2D eigenvalue weighted by Crippen LogP contribution is -2.14. The summed E-state index contributed by atoms with van der Waals surface area (Å²) in [6.45, 7) is 4.35. The highest BCUT2D eigenvalue weighted by Crippen LogP contribution is 2.17. The number of carbonyl (C=O) groups excluding carboxylic acids is 1. The second kappa shape index (κ2) is 6.79. The molecule has 2 N–H and O–H groups in total. The number of ether oxygens (including phenoxy) is 2. The van der Waals surface area contributed by atoms with Crippen molar-refractivity contribution in [3.05, 3.63) is 59.2 Å². The van der Waals surface area contributed by atoms with Crippen molar-refractivity contribution in [3.8, 4) is 5.75 Å². The normalized spacial score (nSPS) is 10.2. The summed E-state index contributed by atoms with van der Waals surface area (Å²) in [5.41, 5.74) is 8.75. The SMILES string of the molecule is Cc1ccc(OCCOC(=O)c2cccc(C)c2N)cc1. The van der Waals surface area contributed by atoms with Crippen molar-refractivity contribution in [2.45, 2.75) is 13.8 Å². The Morgan fingerprint density at radius 2 is 1.76 bits per heavy atom. The zero-order chi connectivity index (χ0) is 15.2. The van der Waals surface area contributed by atoms with E-state index in [1.807, 2.05) is 44.2 Å². The fraction of sp³-hybridized carbons (Fsp3) is 0.235. The molecule has 0 heterocycles. The van der Waals surface area contributed by atoms with Gasteiger partial charge in [-0.05, 0) is 37.6 Å². The Hall–Kier alpha value is -2.49. The largest absolute Gasteiger partial charge is 0.490 e. The molecule has 0 fully saturated rings. The molecule has 0 amide bonds. The number of esters is 1. The lowest BCUT2D eigenvalue weighted by atomic mass is 10.1. The molecule has 0 atom stereocenters. The van der Waals surface area contributed by atoms with Crippen molar-refractivity contribution in [2.24, 2.45) is 0 Å². The van der Waals surface area contributed by atoms with Gasteiger partial charge >= 0.3 is 5.97 Å². The Labute approximate surface area is 124 Å². The highest BCUT2D eigenvalue weighted by atomic mass is 16.6. The van der Waals surface area contributed by atoms with Crippen LogP contribution in [0.25, 0.3) is 0 Å². The van der Waals surface area contributed by atoms with E-state index in [0.717, 1.165) is 11.3 Å². The van der Waals surface area contributed by atoms with Crippen molar-refractivity contribution in [3.63, 3.8) is 0 Å². The van der Waals surface area contributed by atoms with E-state index in [9.17, 15) is 4.79 Å². The molecule has 2 aromatic carbocycles. The van der Waals surface area contributed by atoms with Crippen molar-refractivity contribution in [2.75, 3.05) is 18.9 Å². The molecule has 4 heteroatoms. The number of para-hydroxylation sites is 1. The molecule has 4 nitrogen and oxygen atoms in total. The van der Waals surface area contributed by atoms with E-state index < -0.39 is 5.97 Å². The van der Waals surface area contributed by atoms with Gasteiger partial charge in [0.15, 0.2) is 0 Å². The first-order chi connectivity index (χ1) is 10.1. The summed E-state index contributed by atoms with van der Waals surface area (Å²) >= 11 is 0. The van der Waals surface area contributed by atoms with Gasteiger partial charge in [0.1, 0.15) is 19.0 Å². The Bertz CT molecular complexity index is 620. The molecule has 0 radical (unpaired) electrons. The molecule has 2 aromatic rings. The first kappa shape index (κ1) is 14.9. The fourth-order valence-electron chi connectivity index (χ4n) is 1.86. The lowest BCUT2D eigenvalue weighted by molar-refractivity contribution is 0.0451. The highest BCUT2D eigenvalue weighted by Gasteiger charge is 2.12. The zero-order valence-electron chi connectivity index (χ0n) is 12.3. The Morgan fingerprint density at radius 3 is 2.48 bits per heavy atom. The summed E-state index contributed by atoms with van der Waals surface area (Å²) in [5.74, 6) is 0.329.